The number of halogens is 3. The van der Waals surface area contributed by atoms with Gasteiger partial charge in [-0.3, -0.25) is 4.79 Å². The summed E-state index contributed by atoms with van der Waals surface area (Å²) in [5.41, 5.74) is -0.105. The number of nitrogens with zero attached hydrogens (tertiary/aromatic N) is 1. The molecule has 0 spiro atoms. The summed E-state index contributed by atoms with van der Waals surface area (Å²) < 4.78 is 45.0. The third-order valence-corrected chi connectivity index (χ3v) is 7.40. The third-order valence-electron chi connectivity index (χ3n) is 6.28. The second-order valence-electron chi connectivity index (χ2n) is 8.82. The highest BCUT2D eigenvalue weighted by Gasteiger charge is 2.30. The molecule has 3 aromatic rings. The number of hydrogen-bond donors (Lipinski definition) is 2. The Hall–Kier alpha value is -2.78. The van der Waals surface area contributed by atoms with Gasteiger partial charge in [0.1, 0.15) is 5.75 Å². The number of nitrogens with one attached hydrogen (secondary N) is 2. The van der Waals surface area contributed by atoms with Crippen molar-refractivity contribution < 1.29 is 22.7 Å². The Morgan fingerprint density at radius 2 is 1.91 bits per heavy atom. The predicted molar refractivity (Wildman–Crippen MR) is 134 cm³/mol. The molecule has 1 aromatic heterocycles. The molecule has 0 aliphatic carbocycles. The standard InChI is InChI=1S/C26H30F3N3O2S/c1-34-22-7-8-23-18(15-22)16-24(35-23)25(33)30-11-2-3-12-32-13-9-20(10-14-32)31-21-6-4-5-19(17-21)26(27,28)29/h4-8,15-17,20,31H,2-3,9-14H2,1H3,(H,30,33). The van der Waals surface area contributed by atoms with Crippen LogP contribution in [0.1, 0.15) is 40.9 Å². The fraction of sp³-hybridized carbons (Fsp3) is 0.423. The molecule has 1 saturated heterocycles. The number of piperidine rings is 1. The quantitative estimate of drug-likeness (QED) is 0.350. The molecule has 188 valence electrons. The van der Waals surface area contributed by atoms with E-state index in [1.807, 2.05) is 24.3 Å². The molecule has 4 rings (SSSR count). The van der Waals surface area contributed by atoms with Gasteiger partial charge in [0.05, 0.1) is 17.6 Å². The first-order chi connectivity index (χ1) is 16.8. The number of ether oxygens (including phenoxy) is 1. The summed E-state index contributed by atoms with van der Waals surface area (Å²) in [6.45, 7) is 3.40. The minimum Gasteiger partial charge on any atom is -0.497 e. The number of amides is 1. The molecule has 5 nitrogen and oxygen atoms in total. The van der Waals surface area contributed by atoms with Crippen molar-refractivity contribution in [1.82, 2.24) is 10.2 Å². The topological polar surface area (TPSA) is 53.6 Å². The van der Waals surface area contributed by atoms with E-state index in [9.17, 15) is 18.0 Å². The normalized spacial score (nSPS) is 15.3. The fourth-order valence-corrected chi connectivity index (χ4v) is 5.29. The summed E-state index contributed by atoms with van der Waals surface area (Å²) in [4.78, 5) is 15.6. The van der Waals surface area contributed by atoms with Gasteiger partial charge in [-0.05, 0) is 80.1 Å². The summed E-state index contributed by atoms with van der Waals surface area (Å²) in [5, 5.41) is 7.27. The highest BCUT2D eigenvalue weighted by atomic mass is 32.1. The number of benzene rings is 2. The van der Waals surface area contributed by atoms with Crippen molar-refractivity contribution in [1.29, 1.82) is 0 Å². The maximum absolute atomic E-state index is 12.9. The van der Waals surface area contributed by atoms with Crippen LogP contribution in [0.5, 0.6) is 5.75 Å². The minimum atomic E-state index is -4.33. The molecule has 0 saturated carbocycles. The summed E-state index contributed by atoms with van der Waals surface area (Å²) in [5.74, 6) is 0.726. The van der Waals surface area contributed by atoms with Gasteiger partial charge < -0.3 is 20.3 Å². The zero-order chi connectivity index (χ0) is 24.8. The van der Waals surface area contributed by atoms with Crippen molar-refractivity contribution in [3.05, 3.63) is 59.0 Å². The summed E-state index contributed by atoms with van der Waals surface area (Å²) in [7, 11) is 1.63. The average Bonchev–Trinajstić information content (AvgIpc) is 3.28. The zero-order valence-corrected chi connectivity index (χ0v) is 20.5. The number of carbonyl (C=O) groups is 1. The van der Waals surface area contributed by atoms with Crippen LogP contribution in [0.3, 0.4) is 0 Å². The number of rotatable bonds is 9. The predicted octanol–water partition coefficient (Wildman–Crippen LogP) is 6.02. The molecule has 1 fully saturated rings. The molecule has 2 heterocycles. The van der Waals surface area contributed by atoms with Crippen LogP contribution in [0.4, 0.5) is 18.9 Å². The van der Waals surface area contributed by atoms with Crippen LogP contribution >= 0.6 is 11.3 Å². The summed E-state index contributed by atoms with van der Waals surface area (Å²) in [6.07, 6.45) is -0.664. The molecule has 1 aliphatic heterocycles. The van der Waals surface area contributed by atoms with Crippen LogP contribution in [-0.2, 0) is 6.18 Å². The molecule has 2 aromatic carbocycles. The van der Waals surface area contributed by atoms with E-state index in [1.54, 1.807) is 13.2 Å². The van der Waals surface area contributed by atoms with E-state index in [0.29, 0.717) is 17.1 Å². The van der Waals surface area contributed by atoms with Crippen molar-refractivity contribution in [2.45, 2.75) is 37.9 Å². The van der Waals surface area contributed by atoms with E-state index in [-0.39, 0.29) is 11.9 Å². The van der Waals surface area contributed by atoms with Crippen LogP contribution in [0.25, 0.3) is 10.1 Å². The lowest BCUT2D eigenvalue weighted by molar-refractivity contribution is -0.137. The molecule has 2 N–H and O–H groups in total. The molecule has 1 aliphatic rings. The molecule has 9 heteroatoms. The number of methoxy groups -OCH3 is 1. The van der Waals surface area contributed by atoms with Crippen LogP contribution in [-0.4, -0.2) is 50.1 Å². The van der Waals surface area contributed by atoms with Gasteiger partial charge in [-0.15, -0.1) is 11.3 Å². The smallest absolute Gasteiger partial charge is 0.416 e. The number of thiophene rings is 1. The Bertz CT molecular complexity index is 1140. The average molecular weight is 506 g/mol. The second-order valence-corrected chi connectivity index (χ2v) is 9.90. The van der Waals surface area contributed by atoms with Crippen LogP contribution in [0.15, 0.2) is 48.5 Å². The number of carbonyl (C=O) groups excluding carboxylic acids is 1. The maximum Gasteiger partial charge on any atom is 0.416 e. The number of unbranched alkanes of at least 4 members (excludes halogenated alkanes) is 1. The van der Waals surface area contributed by atoms with Gasteiger partial charge in [0.2, 0.25) is 0 Å². The zero-order valence-electron chi connectivity index (χ0n) is 19.7. The highest BCUT2D eigenvalue weighted by Crippen LogP contribution is 2.31. The van der Waals surface area contributed by atoms with Gasteiger partial charge in [0.25, 0.3) is 5.91 Å². The number of anilines is 1. The molecule has 35 heavy (non-hydrogen) atoms. The van der Waals surface area contributed by atoms with Gasteiger partial charge in [-0.2, -0.15) is 13.2 Å². The Labute approximate surface area is 207 Å². The molecule has 0 bridgehead atoms. The molecule has 0 radical (unpaired) electrons. The van der Waals surface area contributed by atoms with Crippen molar-refractivity contribution >= 4 is 33.0 Å². The second kappa shape index (κ2) is 11.3. The van der Waals surface area contributed by atoms with Gasteiger partial charge >= 0.3 is 6.18 Å². The van der Waals surface area contributed by atoms with Crippen molar-refractivity contribution in [2.24, 2.45) is 0 Å². The van der Waals surface area contributed by atoms with Crippen LogP contribution < -0.4 is 15.4 Å². The van der Waals surface area contributed by atoms with Crippen molar-refractivity contribution in [2.75, 3.05) is 38.6 Å². The maximum atomic E-state index is 12.9. The SMILES string of the molecule is COc1ccc2sc(C(=O)NCCCCN3CCC(Nc4cccc(C(F)(F)F)c4)CC3)cc2c1. The van der Waals surface area contributed by atoms with Gasteiger partial charge in [-0.25, -0.2) is 0 Å². The van der Waals surface area contributed by atoms with E-state index < -0.39 is 11.7 Å². The Morgan fingerprint density at radius 3 is 2.66 bits per heavy atom. The van der Waals surface area contributed by atoms with Gasteiger partial charge in [0, 0.05) is 36.1 Å². The molecular weight excluding hydrogens is 475 g/mol. The number of alkyl halides is 3. The van der Waals surface area contributed by atoms with E-state index in [1.165, 1.54) is 23.5 Å². The highest BCUT2D eigenvalue weighted by molar-refractivity contribution is 7.20. The van der Waals surface area contributed by atoms with E-state index in [2.05, 4.69) is 15.5 Å². The van der Waals surface area contributed by atoms with Crippen molar-refractivity contribution in [3.63, 3.8) is 0 Å². The molecule has 1 amide bonds. The molecular formula is C26H30F3N3O2S. The lowest BCUT2D eigenvalue weighted by atomic mass is 10.0. The van der Waals surface area contributed by atoms with Crippen molar-refractivity contribution in [3.8, 4) is 5.75 Å². The number of fused-ring (bicyclic) bond motifs is 1. The molecule has 0 atom stereocenters. The van der Waals surface area contributed by atoms with E-state index >= 15 is 0 Å². The first-order valence-corrected chi connectivity index (χ1v) is 12.7. The van der Waals surface area contributed by atoms with Gasteiger partial charge in [0.15, 0.2) is 0 Å². The third kappa shape index (κ3) is 6.89. The number of hydrogen-bond acceptors (Lipinski definition) is 5. The lowest BCUT2D eigenvalue weighted by Crippen LogP contribution is -2.39. The summed E-state index contributed by atoms with van der Waals surface area (Å²) >= 11 is 1.48. The van der Waals surface area contributed by atoms with Crippen LogP contribution in [0, 0.1) is 0 Å². The Morgan fingerprint density at radius 1 is 1.11 bits per heavy atom. The first kappa shape index (κ1) is 25.3. The van der Waals surface area contributed by atoms with Gasteiger partial charge in [-0.1, -0.05) is 6.07 Å². The Kier molecular flexibility index (Phi) is 8.18. The monoisotopic (exact) mass is 505 g/mol. The number of likely N-dealkylation sites (tertiary alicyclic amines) is 1. The molecule has 0 unspecified atom stereocenters. The Balaban J connectivity index is 1.13. The van der Waals surface area contributed by atoms with E-state index in [4.69, 9.17) is 4.74 Å². The summed E-state index contributed by atoms with van der Waals surface area (Å²) in [6, 6.07) is 13.3. The first-order valence-electron chi connectivity index (χ1n) is 11.8. The van der Waals surface area contributed by atoms with Crippen LogP contribution in [0.2, 0.25) is 0 Å². The lowest BCUT2D eigenvalue weighted by Gasteiger charge is -2.33. The largest absolute Gasteiger partial charge is 0.497 e. The fourth-order valence-electron chi connectivity index (χ4n) is 4.33. The van der Waals surface area contributed by atoms with E-state index in [0.717, 1.165) is 67.2 Å². The minimum absolute atomic E-state index is 0.0494.